The van der Waals surface area contributed by atoms with E-state index >= 15 is 0 Å². The minimum atomic E-state index is -0.364. The minimum Gasteiger partial charge on any atom is -0.490 e. The van der Waals surface area contributed by atoms with Gasteiger partial charge in [0.25, 0.3) is 5.56 Å². The van der Waals surface area contributed by atoms with Crippen LogP contribution in [0.1, 0.15) is 5.56 Å². The van der Waals surface area contributed by atoms with Crippen LogP contribution in [0.4, 0.5) is 4.39 Å². The Kier molecular flexibility index (Phi) is 5.25. The van der Waals surface area contributed by atoms with Crippen LogP contribution in [0.15, 0.2) is 65.7 Å². The predicted octanol–water partition coefficient (Wildman–Crippen LogP) is 2.70. The van der Waals surface area contributed by atoms with Crippen molar-refractivity contribution in [2.24, 2.45) is 0 Å². The first-order valence-electron chi connectivity index (χ1n) is 7.76. The second-order valence-electron chi connectivity index (χ2n) is 5.24. The fourth-order valence-electron chi connectivity index (χ4n) is 2.23. The Morgan fingerprint density at radius 3 is 2.58 bits per heavy atom. The number of benzene rings is 1. The number of hydrogen-bond acceptors (Lipinski definition) is 5. The molecule has 130 valence electrons. The van der Waals surface area contributed by atoms with Gasteiger partial charge in [-0.1, -0.05) is 0 Å². The lowest BCUT2D eigenvalue weighted by Crippen LogP contribution is -2.17. The Hall–Kier alpha value is -3.66. The van der Waals surface area contributed by atoms with Gasteiger partial charge in [-0.2, -0.15) is 5.26 Å². The van der Waals surface area contributed by atoms with Crippen molar-refractivity contribution in [1.82, 2.24) is 9.55 Å². The molecule has 0 aliphatic heterocycles. The highest BCUT2D eigenvalue weighted by molar-refractivity contribution is 5.34. The topological polar surface area (TPSA) is 77.1 Å². The molecule has 1 aromatic carbocycles. The predicted molar refractivity (Wildman–Crippen MR) is 91.9 cm³/mol. The summed E-state index contributed by atoms with van der Waals surface area (Å²) >= 11 is 0. The second-order valence-corrected chi connectivity index (χ2v) is 5.24. The Bertz CT molecular complexity index is 994. The van der Waals surface area contributed by atoms with E-state index in [-0.39, 0.29) is 24.6 Å². The van der Waals surface area contributed by atoms with Crippen molar-refractivity contribution >= 4 is 0 Å². The molecule has 26 heavy (non-hydrogen) atoms. The molecule has 0 fully saturated rings. The van der Waals surface area contributed by atoms with Crippen LogP contribution in [0.3, 0.4) is 0 Å². The van der Waals surface area contributed by atoms with E-state index in [1.54, 1.807) is 18.3 Å². The molecule has 6 nitrogen and oxygen atoms in total. The van der Waals surface area contributed by atoms with E-state index in [1.807, 2.05) is 6.07 Å². The van der Waals surface area contributed by atoms with Gasteiger partial charge in [-0.3, -0.25) is 9.36 Å². The van der Waals surface area contributed by atoms with Crippen molar-refractivity contribution in [3.05, 3.63) is 82.7 Å². The molecule has 2 heterocycles. The van der Waals surface area contributed by atoms with Gasteiger partial charge in [0.1, 0.15) is 24.8 Å². The van der Waals surface area contributed by atoms with Gasteiger partial charge >= 0.3 is 0 Å². The van der Waals surface area contributed by atoms with Crippen LogP contribution in [-0.2, 0) is 0 Å². The number of aromatic nitrogens is 2. The fourth-order valence-corrected chi connectivity index (χ4v) is 2.23. The normalized spacial score (nSPS) is 10.2. The van der Waals surface area contributed by atoms with Gasteiger partial charge in [0, 0.05) is 30.2 Å². The van der Waals surface area contributed by atoms with Crippen molar-refractivity contribution in [3.63, 3.8) is 0 Å². The number of nitriles is 1. The summed E-state index contributed by atoms with van der Waals surface area (Å²) in [7, 11) is 0. The van der Waals surface area contributed by atoms with E-state index in [2.05, 4.69) is 4.98 Å². The molecule has 3 rings (SSSR count). The molecule has 2 aromatic heterocycles. The summed E-state index contributed by atoms with van der Waals surface area (Å²) in [5.41, 5.74) is 0.730. The average Bonchev–Trinajstić information content (AvgIpc) is 2.66. The monoisotopic (exact) mass is 351 g/mol. The fraction of sp³-hybridized carbons (Fsp3) is 0.105. The van der Waals surface area contributed by atoms with Crippen LogP contribution >= 0.6 is 0 Å². The molecule has 0 aliphatic carbocycles. The molecule has 0 atom stereocenters. The number of hydrogen-bond donors (Lipinski definition) is 0. The van der Waals surface area contributed by atoms with E-state index in [9.17, 15) is 9.18 Å². The van der Waals surface area contributed by atoms with Crippen LogP contribution in [0.25, 0.3) is 5.69 Å². The summed E-state index contributed by atoms with van der Waals surface area (Å²) in [6.45, 7) is 0.418. The molecule has 0 radical (unpaired) electrons. The molecule has 0 unspecified atom stereocenters. The van der Waals surface area contributed by atoms with E-state index in [0.717, 1.165) is 0 Å². The molecule has 0 amide bonds. The molecule has 0 saturated heterocycles. The van der Waals surface area contributed by atoms with Crippen LogP contribution < -0.4 is 15.0 Å². The number of ether oxygens (including phenoxy) is 2. The lowest BCUT2D eigenvalue weighted by Gasteiger charge is -2.09. The van der Waals surface area contributed by atoms with Crippen molar-refractivity contribution < 1.29 is 13.9 Å². The quantitative estimate of drug-likeness (QED) is 0.638. The second kappa shape index (κ2) is 7.94. The van der Waals surface area contributed by atoms with Gasteiger partial charge in [-0.15, -0.1) is 0 Å². The van der Waals surface area contributed by atoms with Gasteiger partial charge in [-0.05, 0) is 36.4 Å². The van der Waals surface area contributed by atoms with Crippen molar-refractivity contribution in [3.8, 4) is 23.4 Å². The Labute approximate surface area is 148 Å². The maximum absolute atomic E-state index is 13.0. The van der Waals surface area contributed by atoms with Gasteiger partial charge in [0.2, 0.25) is 5.88 Å². The third-order valence-corrected chi connectivity index (χ3v) is 3.46. The average molecular weight is 351 g/mol. The summed E-state index contributed by atoms with van der Waals surface area (Å²) < 4.78 is 25.2. The zero-order chi connectivity index (χ0) is 18.4. The van der Waals surface area contributed by atoms with Crippen molar-refractivity contribution in [2.45, 2.75) is 0 Å². The summed E-state index contributed by atoms with van der Waals surface area (Å²) in [6.07, 6.45) is 3.05. The van der Waals surface area contributed by atoms with Crippen LogP contribution in [0.5, 0.6) is 11.6 Å². The molecule has 3 aromatic rings. The van der Waals surface area contributed by atoms with E-state index < -0.39 is 0 Å². The van der Waals surface area contributed by atoms with Gasteiger partial charge in [-0.25, -0.2) is 9.37 Å². The number of pyridine rings is 2. The van der Waals surface area contributed by atoms with Crippen LogP contribution in [0, 0.1) is 17.1 Å². The summed E-state index contributed by atoms with van der Waals surface area (Å²) in [5, 5.41) is 8.82. The molecule has 0 saturated carbocycles. The highest BCUT2D eigenvalue weighted by Gasteiger charge is 2.03. The lowest BCUT2D eigenvalue weighted by molar-refractivity contribution is 0.211. The molecule has 0 bridgehead atoms. The third-order valence-electron chi connectivity index (χ3n) is 3.46. The molecule has 0 spiro atoms. The Balaban J connectivity index is 1.57. The van der Waals surface area contributed by atoms with Gasteiger partial charge < -0.3 is 9.47 Å². The SMILES string of the molecule is N#Cc1ccnc(OCCOc2ccn(-c3ccc(F)cc3)c(=O)c2)c1. The Morgan fingerprint density at radius 2 is 1.85 bits per heavy atom. The highest BCUT2D eigenvalue weighted by Crippen LogP contribution is 2.11. The zero-order valence-electron chi connectivity index (χ0n) is 13.6. The number of nitrogens with zero attached hydrogens (tertiary/aromatic N) is 3. The molecular weight excluding hydrogens is 337 g/mol. The summed E-state index contributed by atoms with van der Waals surface area (Å²) in [5.74, 6) is 0.367. The van der Waals surface area contributed by atoms with Crippen LogP contribution in [0.2, 0.25) is 0 Å². The minimum absolute atomic E-state index is 0.207. The van der Waals surface area contributed by atoms with E-state index in [0.29, 0.717) is 22.9 Å². The molecule has 0 N–H and O–H groups in total. The third kappa shape index (κ3) is 4.24. The maximum atomic E-state index is 13.0. The maximum Gasteiger partial charge on any atom is 0.258 e. The largest absolute Gasteiger partial charge is 0.490 e. The van der Waals surface area contributed by atoms with E-state index in [1.165, 1.54) is 47.2 Å². The molecule has 7 heteroatoms. The number of rotatable bonds is 6. The van der Waals surface area contributed by atoms with Crippen molar-refractivity contribution in [2.75, 3.05) is 13.2 Å². The van der Waals surface area contributed by atoms with Crippen LogP contribution in [-0.4, -0.2) is 22.8 Å². The van der Waals surface area contributed by atoms with Gasteiger partial charge in [0.15, 0.2) is 0 Å². The standard InChI is InChI=1S/C19H14FN3O3/c20-15-1-3-16(4-2-15)23-8-6-17(12-19(23)24)25-9-10-26-18-11-14(13-21)5-7-22-18/h1-8,11-12H,9-10H2. The summed E-state index contributed by atoms with van der Waals surface area (Å²) in [4.78, 5) is 16.2. The molecular formula is C19H14FN3O3. The summed E-state index contributed by atoms with van der Waals surface area (Å²) in [6, 6.07) is 13.7. The lowest BCUT2D eigenvalue weighted by atomic mass is 10.3. The van der Waals surface area contributed by atoms with E-state index in [4.69, 9.17) is 14.7 Å². The first-order chi connectivity index (χ1) is 12.7. The smallest absolute Gasteiger partial charge is 0.258 e. The molecule has 0 aliphatic rings. The Morgan fingerprint density at radius 1 is 1.08 bits per heavy atom. The first-order valence-corrected chi connectivity index (χ1v) is 7.76. The zero-order valence-corrected chi connectivity index (χ0v) is 13.6. The number of halogens is 1. The highest BCUT2D eigenvalue weighted by atomic mass is 19.1. The van der Waals surface area contributed by atoms with Gasteiger partial charge in [0.05, 0.1) is 11.6 Å². The van der Waals surface area contributed by atoms with Crippen molar-refractivity contribution in [1.29, 1.82) is 5.26 Å². The first kappa shape index (κ1) is 17.2.